The predicted molar refractivity (Wildman–Crippen MR) is 219 cm³/mol. The minimum Gasteiger partial charge on any atom is 0 e. The van der Waals surface area contributed by atoms with Crippen LogP contribution in [0.4, 0.5) is 0 Å². The van der Waals surface area contributed by atoms with Crippen molar-refractivity contribution in [3.05, 3.63) is 137 Å². The third-order valence-corrected chi connectivity index (χ3v) is 13.4. The van der Waals surface area contributed by atoms with Gasteiger partial charge in [-0.1, -0.05) is 41.3 Å². The first kappa shape index (κ1) is 32.1. The molecule has 7 heteroatoms. The third kappa shape index (κ3) is 7.82. The van der Waals surface area contributed by atoms with Crippen molar-refractivity contribution in [1.29, 1.82) is 0 Å². The van der Waals surface area contributed by atoms with Crippen molar-refractivity contribution in [3.63, 3.8) is 0 Å². The van der Waals surface area contributed by atoms with Gasteiger partial charge in [-0.2, -0.15) is 0 Å². The Labute approximate surface area is 336 Å². The van der Waals surface area contributed by atoms with Crippen molar-refractivity contribution in [2.75, 3.05) is 0 Å². The fourth-order valence-electron chi connectivity index (χ4n) is 6.67. The van der Waals surface area contributed by atoms with Crippen LogP contribution in [0.2, 0.25) is 17.3 Å². The van der Waals surface area contributed by atoms with Crippen LogP contribution in [0.5, 0.6) is 0 Å². The van der Waals surface area contributed by atoms with Gasteiger partial charge in [0.05, 0.1) is 22.4 Å². The molecule has 1 radical (unpaired) electrons. The molecule has 271 valence electrons. The van der Waals surface area contributed by atoms with E-state index in [1.54, 1.807) is 12.1 Å². The van der Waals surface area contributed by atoms with Crippen LogP contribution in [0.1, 0.15) is 48.6 Å². The zero-order valence-corrected chi connectivity index (χ0v) is 35.8. The quantitative estimate of drug-likeness (QED) is 0.123. The molecular weight excluding hydrogens is 889 g/mol. The zero-order chi connectivity index (χ0) is 41.0. The summed E-state index contributed by atoms with van der Waals surface area (Å²) in [5.74, 6) is 7.35. The Morgan fingerprint density at radius 1 is 0.887 bits per heavy atom. The number of pyridine rings is 2. The summed E-state index contributed by atoms with van der Waals surface area (Å²) in [5.41, 5.74) is 10.9. The summed E-state index contributed by atoms with van der Waals surface area (Å²) in [6, 6.07) is 35.6. The second kappa shape index (κ2) is 15.5. The zero-order valence-electron chi connectivity index (χ0n) is 36.3. The summed E-state index contributed by atoms with van der Waals surface area (Å²) < 4.78 is 49.2. The molecular formula is C46H46GeIrN4O-2. The summed E-state index contributed by atoms with van der Waals surface area (Å²) in [6.07, 6.45) is 0.362. The van der Waals surface area contributed by atoms with E-state index in [9.17, 15) is 0 Å². The van der Waals surface area contributed by atoms with E-state index in [0.717, 1.165) is 54.6 Å². The van der Waals surface area contributed by atoms with E-state index < -0.39 is 26.5 Å². The molecule has 0 aliphatic carbocycles. The molecule has 8 aromatic rings. The Balaban J connectivity index is 0.000000196. The molecule has 0 fully saturated rings. The summed E-state index contributed by atoms with van der Waals surface area (Å²) in [7, 11) is 0. The minimum atomic E-state index is -2.32. The van der Waals surface area contributed by atoms with Crippen molar-refractivity contribution < 1.29 is 31.4 Å². The van der Waals surface area contributed by atoms with Gasteiger partial charge in [0.2, 0.25) is 5.71 Å². The van der Waals surface area contributed by atoms with Crippen molar-refractivity contribution >= 4 is 50.8 Å². The first-order valence-corrected chi connectivity index (χ1v) is 25.0. The fraction of sp³-hybridized carbons (Fsp3) is 0.239. The van der Waals surface area contributed by atoms with Crippen molar-refractivity contribution in [2.24, 2.45) is 5.92 Å². The average molecular weight is 941 g/mol. The van der Waals surface area contributed by atoms with Gasteiger partial charge in [0, 0.05) is 36.9 Å². The Morgan fingerprint density at radius 3 is 2.36 bits per heavy atom. The predicted octanol–water partition coefficient (Wildman–Crippen LogP) is 11.3. The molecule has 8 rings (SSSR count). The molecule has 0 bridgehead atoms. The molecule has 0 amide bonds. The fourth-order valence-corrected chi connectivity index (χ4v) is 9.62. The Bertz CT molecular complexity index is 2750. The van der Waals surface area contributed by atoms with E-state index in [0.29, 0.717) is 22.5 Å². The van der Waals surface area contributed by atoms with Crippen LogP contribution >= 0.6 is 0 Å². The summed E-state index contributed by atoms with van der Waals surface area (Å²) in [6.45, 7) is 7.86. The van der Waals surface area contributed by atoms with Gasteiger partial charge >= 0.3 is 139 Å². The van der Waals surface area contributed by atoms with Gasteiger partial charge < -0.3 is 8.98 Å². The SMILES string of the molecule is Cc1ccc2c(n1)oc1c(-c3nc4ccccc4n3-c3c(C)cccc3C)[c-]ccc12.[2H]C([2H])([2H])c1c[c-]c(-c2cc(C([2H])([2H])C(C)C)[c]([Ge]([CH3])([CH3])[CH3])cn2)cc1.[Ir]. The third-order valence-electron chi connectivity index (χ3n) is 9.13. The maximum Gasteiger partial charge on any atom is 0 e. The number of rotatable bonds is 6. The molecule has 4 aromatic carbocycles. The number of hydrogen-bond acceptors (Lipinski definition) is 4. The van der Waals surface area contributed by atoms with Crippen molar-refractivity contribution in [3.8, 4) is 28.3 Å². The van der Waals surface area contributed by atoms with Crippen molar-refractivity contribution in [2.45, 2.75) is 65.1 Å². The molecule has 0 unspecified atom stereocenters. The van der Waals surface area contributed by atoms with E-state index >= 15 is 0 Å². The van der Waals surface area contributed by atoms with E-state index in [1.807, 2.05) is 63.4 Å². The number of nitrogens with zero attached hydrogens (tertiary/aromatic N) is 4. The van der Waals surface area contributed by atoms with Crippen LogP contribution in [0.3, 0.4) is 0 Å². The van der Waals surface area contributed by atoms with Crippen LogP contribution < -0.4 is 4.40 Å². The Morgan fingerprint density at radius 2 is 1.66 bits per heavy atom. The Hall–Kier alpha value is -4.36. The van der Waals surface area contributed by atoms with Crippen LogP contribution in [-0.2, 0) is 26.5 Å². The van der Waals surface area contributed by atoms with Crippen LogP contribution in [0.25, 0.3) is 61.4 Å². The number of aryl methyl sites for hydroxylation is 4. The van der Waals surface area contributed by atoms with Gasteiger partial charge in [0.15, 0.2) is 0 Å². The van der Waals surface area contributed by atoms with Gasteiger partial charge in [-0.3, -0.25) is 4.98 Å². The number of aromatic nitrogens is 4. The van der Waals surface area contributed by atoms with E-state index in [-0.39, 0.29) is 31.6 Å². The van der Waals surface area contributed by atoms with Crippen LogP contribution in [0, 0.1) is 45.7 Å². The molecule has 53 heavy (non-hydrogen) atoms. The monoisotopic (exact) mass is 942 g/mol. The number of fused-ring (bicyclic) bond motifs is 4. The first-order valence-electron chi connectivity index (χ1n) is 20.1. The molecule has 4 aromatic heterocycles. The maximum absolute atomic E-state index is 8.60. The molecule has 0 spiro atoms. The molecule has 0 aliphatic rings. The average Bonchev–Trinajstić information content (AvgIpc) is 3.72. The maximum atomic E-state index is 8.60. The van der Waals surface area contributed by atoms with Gasteiger partial charge in [-0.15, -0.1) is 18.2 Å². The second-order valence-electron chi connectivity index (χ2n) is 14.7. The summed E-state index contributed by atoms with van der Waals surface area (Å²) in [5, 5.41) is 2.03. The second-order valence-corrected chi connectivity index (χ2v) is 25.2. The number of hydrogen-bond donors (Lipinski definition) is 0. The van der Waals surface area contributed by atoms with E-state index in [4.69, 9.17) is 16.3 Å². The number of benzene rings is 4. The van der Waals surface area contributed by atoms with Gasteiger partial charge in [-0.25, -0.2) is 4.98 Å². The smallest absolute Gasteiger partial charge is 0 e. The van der Waals surface area contributed by atoms with Crippen molar-refractivity contribution in [1.82, 2.24) is 19.5 Å². The summed E-state index contributed by atoms with van der Waals surface area (Å²) >= 11 is -2.32. The van der Waals surface area contributed by atoms with Gasteiger partial charge in [-0.05, 0) is 56.2 Å². The molecule has 0 aliphatic heterocycles. The molecule has 4 heterocycles. The molecule has 5 nitrogen and oxygen atoms in total. The van der Waals surface area contributed by atoms with E-state index in [1.165, 1.54) is 17.2 Å². The first-order chi connectivity index (χ1) is 26.9. The van der Waals surface area contributed by atoms with E-state index in [2.05, 4.69) is 94.2 Å². The van der Waals surface area contributed by atoms with Crippen LogP contribution in [0.15, 0.2) is 102 Å². The minimum absolute atomic E-state index is 0. The molecule has 0 saturated heterocycles. The number of furan rings is 1. The number of para-hydroxylation sites is 3. The Kier molecular flexibility index (Phi) is 9.42. The normalized spacial score (nSPS) is 13.5. The molecule has 0 saturated carbocycles. The number of imidazole rings is 1. The summed E-state index contributed by atoms with van der Waals surface area (Å²) in [4.78, 5) is 14.2. The van der Waals surface area contributed by atoms with Gasteiger partial charge in [0.25, 0.3) is 0 Å². The van der Waals surface area contributed by atoms with Gasteiger partial charge in [0.1, 0.15) is 0 Å². The standard InChI is InChI=1S/C27H20N3O.C19H26GeN.Ir/c1-16-8-6-9-17(2)24(16)30-23-13-5-4-12-22(23)29-26(30)21-11-7-10-19-20-15-14-18(3)28-27(20)31-25(19)21;1-14(2)11-17-12-19(16-9-7-15(3)8-10-16)21-13-18(17)20(4,5)6;/h4-10,12-15H,1-3H3;7-9,12-14H,11H2,1-6H3;/q2*-1;/i;3D3,11D2;. The topological polar surface area (TPSA) is 56.7 Å². The largest absolute Gasteiger partial charge is 0 e. The van der Waals surface area contributed by atoms with Crippen LogP contribution in [-0.4, -0.2) is 32.8 Å². The molecule has 0 N–H and O–H groups in total. The molecule has 0 atom stereocenters.